The van der Waals surface area contributed by atoms with Crippen LogP contribution in [0.1, 0.15) is 34.1 Å². The molecule has 0 amide bonds. The largest absolute Gasteiger partial charge is 0.192 e. The molecule has 3 rings (SSSR count). The number of allylic oxidation sites excluding steroid dienone is 4. The van der Waals surface area contributed by atoms with Crippen LogP contribution in [0.2, 0.25) is 0 Å². The Labute approximate surface area is 115 Å². The first-order valence-electron chi connectivity index (χ1n) is 5.95. The Morgan fingerprint density at radius 2 is 1.05 bits per heavy atom. The lowest BCUT2D eigenvalue weighted by Crippen LogP contribution is -2.25. The van der Waals surface area contributed by atoms with Gasteiger partial charge in [0.25, 0.3) is 0 Å². The summed E-state index contributed by atoms with van der Waals surface area (Å²) in [5, 5.41) is 36.2. The number of hydrogen-bond donors (Lipinski definition) is 0. The maximum atomic E-state index is 9.05. The molecule has 0 radical (unpaired) electrons. The fourth-order valence-electron chi connectivity index (χ4n) is 2.81. The van der Waals surface area contributed by atoms with Gasteiger partial charge in [-0.05, 0) is 23.3 Å². The first kappa shape index (κ1) is 11.7. The van der Waals surface area contributed by atoms with Crippen molar-refractivity contribution in [2.45, 2.75) is 11.8 Å². The molecule has 1 unspecified atom stereocenters. The van der Waals surface area contributed by atoms with Gasteiger partial charge in [0.05, 0.1) is 22.3 Å². The van der Waals surface area contributed by atoms with Crippen LogP contribution in [0.25, 0.3) is 0 Å². The summed E-state index contributed by atoms with van der Waals surface area (Å²) in [6, 6.07) is 11.5. The molecule has 2 aliphatic rings. The van der Waals surface area contributed by atoms with E-state index in [0.29, 0.717) is 22.3 Å². The lowest BCUT2D eigenvalue weighted by atomic mass is 9.63. The van der Waals surface area contributed by atoms with Gasteiger partial charge in [0.1, 0.15) is 24.3 Å². The summed E-state index contributed by atoms with van der Waals surface area (Å²) >= 11 is 0. The Hall–Kier alpha value is -3.34. The van der Waals surface area contributed by atoms with Crippen molar-refractivity contribution >= 4 is 0 Å². The lowest BCUT2D eigenvalue weighted by Gasteiger charge is -2.39. The van der Waals surface area contributed by atoms with Crippen LogP contribution >= 0.6 is 0 Å². The molecule has 2 atom stereocenters. The summed E-state index contributed by atoms with van der Waals surface area (Å²) in [5.41, 5.74) is 3.39. The molecule has 0 aliphatic heterocycles. The zero-order chi connectivity index (χ0) is 14.3. The third-order valence-corrected chi connectivity index (χ3v) is 3.79. The van der Waals surface area contributed by atoms with Crippen molar-refractivity contribution in [2.24, 2.45) is 0 Å². The number of nitrogens with zero attached hydrogens (tertiary/aromatic N) is 4. The van der Waals surface area contributed by atoms with E-state index in [4.69, 9.17) is 21.0 Å². The van der Waals surface area contributed by atoms with E-state index in [1.807, 2.05) is 24.3 Å². The Morgan fingerprint density at radius 1 is 0.650 bits per heavy atom. The lowest BCUT2D eigenvalue weighted by molar-refractivity contribution is 0.630. The van der Waals surface area contributed by atoms with Crippen LogP contribution in [0.3, 0.4) is 0 Å². The fourth-order valence-corrected chi connectivity index (χ4v) is 2.81. The van der Waals surface area contributed by atoms with Crippen molar-refractivity contribution in [2.75, 3.05) is 0 Å². The van der Waals surface area contributed by atoms with Crippen LogP contribution in [0.15, 0.2) is 35.4 Å². The van der Waals surface area contributed by atoms with Gasteiger partial charge in [0.2, 0.25) is 0 Å². The van der Waals surface area contributed by atoms with E-state index in [9.17, 15) is 0 Å². The molecule has 4 nitrogen and oxygen atoms in total. The van der Waals surface area contributed by atoms with Crippen molar-refractivity contribution < 1.29 is 0 Å². The molecule has 1 aromatic rings. The van der Waals surface area contributed by atoms with E-state index in [2.05, 4.69) is 0 Å². The third-order valence-electron chi connectivity index (χ3n) is 3.79. The monoisotopic (exact) mass is 254 g/mol. The average molecular weight is 254 g/mol. The Kier molecular flexibility index (Phi) is 2.40. The quantitative estimate of drug-likeness (QED) is 0.710. The van der Waals surface area contributed by atoms with Crippen LogP contribution in [-0.2, 0) is 0 Å². The van der Waals surface area contributed by atoms with E-state index >= 15 is 0 Å². The molecule has 1 aromatic carbocycles. The van der Waals surface area contributed by atoms with E-state index in [1.54, 1.807) is 24.3 Å². The molecule has 0 spiro atoms. The van der Waals surface area contributed by atoms with Crippen molar-refractivity contribution in [3.8, 4) is 24.3 Å². The van der Waals surface area contributed by atoms with Crippen LogP contribution in [0, 0.1) is 45.3 Å². The van der Waals surface area contributed by atoms with Crippen molar-refractivity contribution in [1.82, 2.24) is 0 Å². The molecule has 0 saturated carbocycles. The summed E-state index contributed by atoms with van der Waals surface area (Å²) in [4.78, 5) is 0. The minimum absolute atomic E-state index is 0.0246. The Balaban J connectivity index is 2.17. The van der Waals surface area contributed by atoms with Crippen molar-refractivity contribution in [3.63, 3.8) is 0 Å². The van der Waals surface area contributed by atoms with E-state index in [-0.39, 0.29) is 11.8 Å². The van der Waals surface area contributed by atoms with Gasteiger partial charge in [-0.25, -0.2) is 0 Å². The first-order chi connectivity index (χ1) is 9.73. The molecule has 0 saturated heterocycles. The number of rotatable bonds is 0. The number of hydrogen-bond acceptors (Lipinski definition) is 4. The molecule has 20 heavy (non-hydrogen) atoms. The highest BCUT2D eigenvalue weighted by atomic mass is 14.4. The fraction of sp³-hybridized carbons (Fsp3) is 0.125. The zero-order valence-electron chi connectivity index (χ0n) is 10.3. The molecule has 90 valence electrons. The summed E-state index contributed by atoms with van der Waals surface area (Å²) in [5.74, 6) is 0.0492. The molecular formula is C16H6N4. The average Bonchev–Trinajstić information content (AvgIpc) is 2.50. The molecule has 0 heterocycles. The van der Waals surface area contributed by atoms with E-state index < -0.39 is 0 Å². The van der Waals surface area contributed by atoms with Crippen molar-refractivity contribution in [1.29, 1.82) is 21.0 Å². The maximum absolute atomic E-state index is 9.05. The Morgan fingerprint density at radius 3 is 1.35 bits per heavy atom. The van der Waals surface area contributed by atoms with Gasteiger partial charge in [0.15, 0.2) is 0 Å². The Bertz CT molecular complexity index is 787. The zero-order valence-corrected chi connectivity index (χ0v) is 10.3. The molecule has 4 heteroatoms. The molecule has 0 N–H and O–H groups in total. The van der Waals surface area contributed by atoms with Crippen LogP contribution in [0.4, 0.5) is 0 Å². The SMILES string of the molecule is N#CC1=CC2c3cc(C#N)c(C#N)cc3[C@@H]2C=C1C#N. The second-order valence-corrected chi connectivity index (χ2v) is 4.69. The number of fused-ring (bicyclic) bond motifs is 4. The summed E-state index contributed by atoms with van der Waals surface area (Å²) in [6.45, 7) is 0. The summed E-state index contributed by atoms with van der Waals surface area (Å²) in [7, 11) is 0. The molecule has 0 bridgehead atoms. The minimum Gasteiger partial charge on any atom is -0.192 e. The minimum atomic E-state index is 0.0246. The maximum Gasteiger partial charge on any atom is 0.101 e. The van der Waals surface area contributed by atoms with Gasteiger partial charge in [-0.15, -0.1) is 0 Å². The van der Waals surface area contributed by atoms with Gasteiger partial charge in [-0.2, -0.15) is 21.0 Å². The number of benzene rings is 1. The van der Waals surface area contributed by atoms with Crippen LogP contribution in [-0.4, -0.2) is 0 Å². The highest BCUT2D eigenvalue weighted by Crippen LogP contribution is 2.52. The summed E-state index contributed by atoms with van der Waals surface area (Å²) < 4.78 is 0. The summed E-state index contributed by atoms with van der Waals surface area (Å²) in [6.07, 6.45) is 3.55. The molecule has 2 aliphatic carbocycles. The predicted octanol–water partition coefficient (Wildman–Crippen LogP) is 2.52. The van der Waals surface area contributed by atoms with Crippen LogP contribution < -0.4 is 0 Å². The highest BCUT2D eigenvalue weighted by molar-refractivity contribution is 5.65. The van der Waals surface area contributed by atoms with Crippen LogP contribution in [0.5, 0.6) is 0 Å². The second kappa shape index (κ2) is 4.10. The standard InChI is InChI=1S/C16H6N4/c17-5-9-1-13-14(2-10(9)6-18)16-4-12(8-20)11(7-19)3-15(13)16/h1-4,13-14H/t13-,14?/m1/s1. The normalized spacial score (nSPS) is 21.4. The molecule has 0 aromatic heterocycles. The van der Waals surface area contributed by atoms with Gasteiger partial charge < -0.3 is 0 Å². The van der Waals surface area contributed by atoms with Gasteiger partial charge >= 0.3 is 0 Å². The topological polar surface area (TPSA) is 95.2 Å². The van der Waals surface area contributed by atoms with Gasteiger partial charge in [-0.1, -0.05) is 12.2 Å². The first-order valence-corrected chi connectivity index (χ1v) is 5.95. The third kappa shape index (κ3) is 1.37. The smallest absolute Gasteiger partial charge is 0.101 e. The van der Waals surface area contributed by atoms with Gasteiger partial charge in [-0.3, -0.25) is 0 Å². The number of nitriles is 4. The molecule has 0 fully saturated rings. The highest BCUT2D eigenvalue weighted by Gasteiger charge is 2.39. The second-order valence-electron chi connectivity index (χ2n) is 4.69. The molecular weight excluding hydrogens is 248 g/mol. The predicted molar refractivity (Wildman–Crippen MR) is 68.7 cm³/mol. The van der Waals surface area contributed by atoms with E-state index in [0.717, 1.165) is 11.1 Å². The van der Waals surface area contributed by atoms with Crippen molar-refractivity contribution in [3.05, 3.63) is 57.7 Å². The van der Waals surface area contributed by atoms with E-state index in [1.165, 1.54) is 0 Å². The van der Waals surface area contributed by atoms with Gasteiger partial charge in [0, 0.05) is 11.8 Å².